The molecule has 1 N–H and O–H groups in total. The van der Waals surface area contributed by atoms with Gasteiger partial charge in [-0.3, -0.25) is 9.69 Å². The summed E-state index contributed by atoms with van der Waals surface area (Å²) in [6, 6.07) is 0.480. The van der Waals surface area contributed by atoms with E-state index in [1.54, 1.807) is 0 Å². The van der Waals surface area contributed by atoms with Crippen molar-refractivity contribution >= 4 is 17.7 Å². The van der Waals surface area contributed by atoms with Gasteiger partial charge in [-0.25, -0.2) is 9.78 Å². The average Bonchev–Trinajstić information content (AvgIpc) is 2.99. The molecule has 8 heteroatoms. The summed E-state index contributed by atoms with van der Waals surface area (Å²) in [5.74, 6) is -2.68. The van der Waals surface area contributed by atoms with Crippen molar-refractivity contribution < 1.29 is 27.9 Å². The molecule has 2 fully saturated rings. The van der Waals surface area contributed by atoms with Crippen molar-refractivity contribution in [3.63, 3.8) is 0 Å². The van der Waals surface area contributed by atoms with Crippen LogP contribution in [0.15, 0.2) is 12.1 Å². The fraction of sp³-hybridized carbons (Fsp3) is 0.533. The molecule has 3 unspecified atom stereocenters. The summed E-state index contributed by atoms with van der Waals surface area (Å²) in [5, 5.41) is 9.46. The minimum absolute atomic E-state index is 0.0869. The van der Waals surface area contributed by atoms with Crippen LogP contribution in [0.5, 0.6) is 0 Å². The van der Waals surface area contributed by atoms with Gasteiger partial charge in [-0.05, 0) is 31.9 Å². The van der Waals surface area contributed by atoms with Gasteiger partial charge in [0.15, 0.2) is 0 Å². The van der Waals surface area contributed by atoms with Crippen molar-refractivity contribution in [1.29, 1.82) is 0 Å². The van der Waals surface area contributed by atoms with E-state index in [9.17, 15) is 27.9 Å². The topological polar surface area (TPSA) is 70.5 Å². The summed E-state index contributed by atoms with van der Waals surface area (Å²) in [6.07, 6.45) is -2.67. The van der Waals surface area contributed by atoms with E-state index in [1.807, 2.05) is 0 Å². The fourth-order valence-corrected chi connectivity index (χ4v) is 3.67. The van der Waals surface area contributed by atoms with E-state index in [0.717, 1.165) is 23.5 Å². The Kier molecular flexibility index (Phi) is 3.57. The number of aromatic nitrogens is 1. The van der Waals surface area contributed by atoms with Crippen molar-refractivity contribution in [2.45, 2.75) is 38.4 Å². The highest BCUT2D eigenvalue weighted by atomic mass is 19.4. The molecule has 1 amide bonds. The van der Waals surface area contributed by atoms with Crippen molar-refractivity contribution in [3.05, 3.63) is 23.4 Å². The Labute approximate surface area is 130 Å². The Morgan fingerprint density at radius 2 is 2.04 bits per heavy atom. The molecule has 1 aliphatic carbocycles. The molecule has 3 rings (SSSR count). The quantitative estimate of drug-likeness (QED) is 0.906. The first-order chi connectivity index (χ1) is 10.7. The van der Waals surface area contributed by atoms with Crippen LogP contribution in [0.3, 0.4) is 0 Å². The lowest BCUT2D eigenvalue weighted by atomic mass is 9.94. The van der Waals surface area contributed by atoms with Gasteiger partial charge in [0.05, 0.1) is 5.56 Å². The molecule has 1 saturated carbocycles. The number of hydrogen-bond donors (Lipinski definition) is 1. The number of pyridine rings is 1. The smallest absolute Gasteiger partial charge is 0.416 e. The minimum Gasteiger partial charge on any atom is -0.480 e. The van der Waals surface area contributed by atoms with Gasteiger partial charge in [0.1, 0.15) is 11.9 Å². The van der Waals surface area contributed by atoms with Crippen LogP contribution in [0.2, 0.25) is 0 Å². The number of rotatable bonds is 2. The number of aliphatic carboxylic acids is 1. The number of halogens is 3. The first-order valence-electron chi connectivity index (χ1n) is 7.32. The SMILES string of the molecule is Cc1cc(C(F)(F)F)cc(N2C(=O)C3CCCC3C2C(=O)O)n1. The number of hydrogen-bond acceptors (Lipinski definition) is 3. The van der Waals surface area contributed by atoms with Gasteiger partial charge >= 0.3 is 12.1 Å². The normalized spacial score (nSPS) is 27.4. The standard InChI is InChI=1S/C15H15F3N2O3/c1-7-5-8(15(16,17)18)6-11(19-7)20-12(14(22)23)9-3-2-4-10(9)13(20)21/h5-6,9-10,12H,2-4H2,1H3,(H,22,23). The van der Waals surface area contributed by atoms with E-state index < -0.39 is 35.6 Å². The van der Waals surface area contributed by atoms with Gasteiger partial charge in [-0.2, -0.15) is 13.2 Å². The molecular formula is C15H15F3N2O3. The minimum atomic E-state index is -4.58. The molecule has 0 aromatic carbocycles. The van der Waals surface area contributed by atoms with Crippen molar-refractivity contribution in [3.8, 4) is 0 Å². The first kappa shape index (κ1) is 15.8. The zero-order valence-electron chi connectivity index (χ0n) is 12.3. The molecule has 2 heterocycles. The van der Waals surface area contributed by atoms with Crippen LogP contribution in [0, 0.1) is 18.8 Å². The third-order valence-corrected chi connectivity index (χ3v) is 4.57. The number of carbonyl (C=O) groups excluding carboxylic acids is 1. The summed E-state index contributed by atoms with van der Waals surface area (Å²) in [4.78, 5) is 29.0. The molecule has 0 radical (unpaired) electrons. The van der Waals surface area contributed by atoms with Crippen LogP contribution in [-0.4, -0.2) is 28.0 Å². The number of carbonyl (C=O) groups is 2. The monoisotopic (exact) mass is 328 g/mol. The maximum absolute atomic E-state index is 13.0. The van der Waals surface area contributed by atoms with Crippen LogP contribution in [0.1, 0.15) is 30.5 Å². The van der Waals surface area contributed by atoms with Gasteiger partial charge in [0.2, 0.25) is 5.91 Å². The van der Waals surface area contributed by atoms with Gasteiger partial charge in [-0.15, -0.1) is 0 Å². The van der Waals surface area contributed by atoms with Crippen molar-refractivity contribution in [2.24, 2.45) is 11.8 Å². The van der Waals surface area contributed by atoms with E-state index in [1.165, 1.54) is 6.92 Å². The molecule has 124 valence electrons. The van der Waals surface area contributed by atoms with Crippen LogP contribution < -0.4 is 4.90 Å². The largest absolute Gasteiger partial charge is 0.480 e. The Bertz CT molecular complexity index is 674. The van der Waals surface area contributed by atoms with Crippen LogP contribution in [0.25, 0.3) is 0 Å². The summed E-state index contributed by atoms with van der Waals surface area (Å²) >= 11 is 0. The zero-order valence-corrected chi connectivity index (χ0v) is 12.3. The maximum Gasteiger partial charge on any atom is 0.416 e. The van der Waals surface area contributed by atoms with E-state index in [-0.39, 0.29) is 17.4 Å². The molecule has 1 saturated heterocycles. The molecule has 23 heavy (non-hydrogen) atoms. The molecule has 3 atom stereocenters. The Morgan fingerprint density at radius 3 is 2.65 bits per heavy atom. The Hall–Kier alpha value is -2.12. The molecule has 0 spiro atoms. The van der Waals surface area contributed by atoms with Gasteiger partial charge in [0, 0.05) is 17.5 Å². The van der Waals surface area contributed by atoms with Gasteiger partial charge in [-0.1, -0.05) is 6.42 Å². The van der Waals surface area contributed by atoms with Crippen molar-refractivity contribution in [2.75, 3.05) is 4.90 Å². The number of anilines is 1. The first-order valence-corrected chi connectivity index (χ1v) is 7.32. The van der Waals surface area contributed by atoms with Gasteiger partial charge < -0.3 is 5.11 Å². The Morgan fingerprint density at radius 1 is 1.35 bits per heavy atom. The molecule has 1 aromatic heterocycles. The highest BCUT2D eigenvalue weighted by Gasteiger charge is 2.54. The highest BCUT2D eigenvalue weighted by Crippen LogP contribution is 2.45. The predicted molar refractivity (Wildman–Crippen MR) is 73.7 cm³/mol. The van der Waals surface area contributed by atoms with E-state index in [2.05, 4.69) is 4.98 Å². The highest BCUT2D eigenvalue weighted by molar-refractivity contribution is 6.03. The third kappa shape index (κ3) is 2.55. The predicted octanol–water partition coefficient (Wildman–Crippen LogP) is 2.62. The molecule has 2 aliphatic rings. The Balaban J connectivity index is 2.08. The fourth-order valence-electron chi connectivity index (χ4n) is 3.67. The van der Waals surface area contributed by atoms with Gasteiger partial charge in [0.25, 0.3) is 0 Å². The summed E-state index contributed by atoms with van der Waals surface area (Å²) in [5.41, 5.74) is -0.849. The van der Waals surface area contributed by atoms with E-state index >= 15 is 0 Å². The second kappa shape index (κ2) is 5.21. The summed E-state index contributed by atoms with van der Waals surface area (Å²) in [6.45, 7) is 1.38. The third-order valence-electron chi connectivity index (χ3n) is 4.57. The molecule has 1 aromatic rings. The van der Waals surface area contributed by atoms with Crippen molar-refractivity contribution in [1.82, 2.24) is 4.98 Å². The summed E-state index contributed by atoms with van der Waals surface area (Å²) < 4.78 is 38.9. The second-order valence-corrected chi connectivity index (χ2v) is 6.05. The van der Waals surface area contributed by atoms with E-state index in [0.29, 0.717) is 12.8 Å². The average molecular weight is 328 g/mol. The number of fused-ring (bicyclic) bond motifs is 1. The molecule has 5 nitrogen and oxygen atoms in total. The number of carboxylic acids is 1. The van der Waals surface area contributed by atoms with Crippen LogP contribution >= 0.6 is 0 Å². The lowest BCUT2D eigenvalue weighted by molar-refractivity contribution is -0.139. The number of carboxylic acid groups (broad SMARTS) is 1. The molecular weight excluding hydrogens is 313 g/mol. The summed E-state index contributed by atoms with van der Waals surface area (Å²) in [7, 11) is 0. The number of amides is 1. The molecule has 1 aliphatic heterocycles. The zero-order chi connectivity index (χ0) is 16.9. The van der Waals surface area contributed by atoms with Crippen LogP contribution in [0.4, 0.5) is 19.0 Å². The molecule has 0 bridgehead atoms. The number of nitrogens with zero attached hydrogens (tertiary/aromatic N) is 2. The number of aryl methyl sites for hydroxylation is 1. The van der Waals surface area contributed by atoms with Crippen LogP contribution in [-0.2, 0) is 15.8 Å². The number of alkyl halides is 3. The maximum atomic E-state index is 13.0. The second-order valence-electron chi connectivity index (χ2n) is 6.05. The lowest BCUT2D eigenvalue weighted by Gasteiger charge is -2.24. The van der Waals surface area contributed by atoms with E-state index in [4.69, 9.17) is 0 Å². The lowest BCUT2D eigenvalue weighted by Crippen LogP contribution is -2.42.